The summed E-state index contributed by atoms with van der Waals surface area (Å²) in [7, 11) is 0. The highest BCUT2D eigenvalue weighted by molar-refractivity contribution is 5.61. The first-order chi connectivity index (χ1) is 8.19. The van der Waals surface area contributed by atoms with E-state index in [0.717, 1.165) is 17.7 Å². The summed E-state index contributed by atoms with van der Waals surface area (Å²) in [5.74, 6) is -0.216. The maximum atomic E-state index is 13.7. The van der Waals surface area contributed by atoms with Gasteiger partial charge in [-0.15, -0.1) is 0 Å². The van der Waals surface area contributed by atoms with Crippen LogP contribution in [0.15, 0.2) is 42.5 Å². The van der Waals surface area contributed by atoms with Gasteiger partial charge < -0.3 is 5.32 Å². The maximum Gasteiger partial charge on any atom is 0.146 e. The lowest BCUT2D eigenvalue weighted by molar-refractivity contribution is 0.631. The highest BCUT2D eigenvalue weighted by Crippen LogP contribution is 2.21. The highest BCUT2D eigenvalue weighted by atomic mass is 19.1. The van der Waals surface area contributed by atoms with Crippen LogP contribution in [-0.4, -0.2) is 0 Å². The van der Waals surface area contributed by atoms with Crippen LogP contribution in [0.5, 0.6) is 0 Å². The van der Waals surface area contributed by atoms with Gasteiger partial charge in [-0.25, -0.2) is 4.39 Å². The van der Waals surface area contributed by atoms with E-state index in [1.807, 2.05) is 31.2 Å². The molecule has 0 saturated carbocycles. The topological polar surface area (TPSA) is 12.0 Å². The summed E-state index contributed by atoms with van der Waals surface area (Å²) in [5, 5.41) is 3.10. The molecule has 2 rings (SSSR count). The number of benzene rings is 2. The van der Waals surface area contributed by atoms with E-state index < -0.39 is 0 Å². The molecule has 0 atom stereocenters. The van der Waals surface area contributed by atoms with Gasteiger partial charge in [0.25, 0.3) is 0 Å². The number of rotatable bonds is 3. The van der Waals surface area contributed by atoms with E-state index in [4.69, 9.17) is 0 Å². The number of hydrogen-bond acceptors (Lipinski definition) is 1. The summed E-state index contributed by atoms with van der Waals surface area (Å²) in [6.45, 7) is 3.98. The smallest absolute Gasteiger partial charge is 0.146 e. The third-order valence-electron chi connectivity index (χ3n) is 2.74. The van der Waals surface area contributed by atoms with Crippen molar-refractivity contribution < 1.29 is 4.39 Å². The summed E-state index contributed by atoms with van der Waals surface area (Å²) in [6, 6.07) is 13.2. The number of anilines is 2. The molecule has 0 radical (unpaired) electrons. The summed E-state index contributed by atoms with van der Waals surface area (Å²) in [6.07, 6.45) is 0.978. The molecule has 0 aliphatic heterocycles. The Bertz CT molecular complexity index is 520. The van der Waals surface area contributed by atoms with Crippen LogP contribution in [0.1, 0.15) is 18.1 Å². The van der Waals surface area contributed by atoms with E-state index in [9.17, 15) is 4.39 Å². The molecule has 88 valence electrons. The zero-order chi connectivity index (χ0) is 12.3. The van der Waals surface area contributed by atoms with Gasteiger partial charge in [0.05, 0.1) is 5.69 Å². The Kier molecular flexibility index (Phi) is 3.43. The zero-order valence-electron chi connectivity index (χ0n) is 10.1. The minimum atomic E-state index is -0.216. The van der Waals surface area contributed by atoms with Gasteiger partial charge in [0, 0.05) is 5.69 Å². The van der Waals surface area contributed by atoms with Crippen molar-refractivity contribution >= 4 is 11.4 Å². The summed E-state index contributed by atoms with van der Waals surface area (Å²) >= 11 is 0. The third kappa shape index (κ3) is 2.84. The van der Waals surface area contributed by atoms with Gasteiger partial charge in [-0.2, -0.15) is 0 Å². The lowest BCUT2D eigenvalue weighted by atomic mass is 10.1. The molecule has 2 aromatic rings. The van der Waals surface area contributed by atoms with Crippen LogP contribution in [0.25, 0.3) is 0 Å². The molecule has 0 aliphatic carbocycles. The van der Waals surface area contributed by atoms with Crippen molar-refractivity contribution in [2.75, 3.05) is 5.32 Å². The molecule has 17 heavy (non-hydrogen) atoms. The van der Waals surface area contributed by atoms with Crippen molar-refractivity contribution in [2.24, 2.45) is 0 Å². The Balaban J connectivity index is 2.25. The van der Waals surface area contributed by atoms with Crippen LogP contribution >= 0.6 is 0 Å². The van der Waals surface area contributed by atoms with E-state index >= 15 is 0 Å². The monoisotopic (exact) mass is 229 g/mol. The molecule has 0 bridgehead atoms. The molecule has 0 saturated heterocycles. The average Bonchev–Trinajstić information content (AvgIpc) is 2.33. The second kappa shape index (κ2) is 5.00. The Hall–Kier alpha value is -1.83. The maximum absolute atomic E-state index is 13.7. The van der Waals surface area contributed by atoms with E-state index in [2.05, 4.69) is 18.3 Å². The van der Waals surface area contributed by atoms with Gasteiger partial charge >= 0.3 is 0 Å². The van der Waals surface area contributed by atoms with Crippen LogP contribution in [0.3, 0.4) is 0 Å². The molecule has 0 unspecified atom stereocenters. The van der Waals surface area contributed by atoms with E-state index in [-0.39, 0.29) is 5.82 Å². The van der Waals surface area contributed by atoms with Gasteiger partial charge in [-0.05, 0) is 48.7 Å². The number of hydrogen-bond donors (Lipinski definition) is 1. The number of aryl methyl sites for hydroxylation is 2. The SMILES string of the molecule is CCc1cccc(Nc2ccc(C)cc2F)c1. The van der Waals surface area contributed by atoms with Gasteiger partial charge in [-0.3, -0.25) is 0 Å². The van der Waals surface area contributed by atoms with Crippen LogP contribution in [0.4, 0.5) is 15.8 Å². The fraction of sp³-hybridized carbons (Fsp3) is 0.200. The lowest BCUT2D eigenvalue weighted by Crippen LogP contribution is -1.95. The highest BCUT2D eigenvalue weighted by Gasteiger charge is 2.02. The first-order valence-electron chi connectivity index (χ1n) is 5.81. The molecule has 2 heteroatoms. The van der Waals surface area contributed by atoms with E-state index in [0.29, 0.717) is 5.69 Å². The van der Waals surface area contributed by atoms with Gasteiger partial charge in [0.15, 0.2) is 0 Å². The van der Waals surface area contributed by atoms with Gasteiger partial charge in [0.2, 0.25) is 0 Å². The van der Waals surface area contributed by atoms with Gasteiger partial charge in [0.1, 0.15) is 5.82 Å². The zero-order valence-corrected chi connectivity index (χ0v) is 10.1. The molecule has 0 spiro atoms. The fourth-order valence-electron chi connectivity index (χ4n) is 1.75. The third-order valence-corrected chi connectivity index (χ3v) is 2.74. The Morgan fingerprint density at radius 3 is 2.65 bits per heavy atom. The van der Waals surface area contributed by atoms with E-state index in [1.165, 1.54) is 11.6 Å². The van der Waals surface area contributed by atoms with Crippen LogP contribution in [-0.2, 0) is 6.42 Å². The molecule has 0 fully saturated rings. The quantitative estimate of drug-likeness (QED) is 0.820. The fourth-order valence-corrected chi connectivity index (χ4v) is 1.75. The first kappa shape index (κ1) is 11.6. The lowest BCUT2D eigenvalue weighted by Gasteiger charge is -2.09. The van der Waals surface area contributed by atoms with Crippen molar-refractivity contribution in [1.29, 1.82) is 0 Å². The number of halogens is 1. The largest absolute Gasteiger partial charge is 0.353 e. The normalized spacial score (nSPS) is 10.3. The van der Waals surface area contributed by atoms with Crippen molar-refractivity contribution in [3.63, 3.8) is 0 Å². The minimum absolute atomic E-state index is 0.216. The standard InChI is InChI=1S/C15H16FN/c1-3-12-5-4-6-13(10-12)17-15-8-7-11(2)9-14(15)16/h4-10,17H,3H2,1-2H3. The molecular formula is C15H16FN. The molecular weight excluding hydrogens is 213 g/mol. The second-order valence-electron chi connectivity index (χ2n) is 4.16. The predicted octanol–water partition coefficient (Wildman–Crippen LogP) is 4.44. The first-order valence-corrected chi connectivity index (χ1v) is 5.81. The molecule has 1 nitrogen and oxygen atoms in total. The molecule has 0 amide bonds. The molecule has 0 aliphatic rings. The summed E-state index contributed by atoms with van der Waals surface area (Å²) in [4.78, 5) is 0. The molecule has 2 aromatic carbocycles. The van der Waals surface area contributed by atoms with Crippen LogP contribution in [0, 0.1) is 12.7 Å². The molecule has 1 N–H and O–H groups in total. The average molecular weight is 229 g/mol. The summed E-state index contributed by atoms with van der Waals surface area (Å²) < 4.78 is 13.7. The second-order valence-corrected chi connectivity index (χ2v) is 4.16. The van der Waals surface area contributed by atoms with Gasteiger partial charge in [-0.1, -0.05) is 25.1 Å². The van der Waals surface area contributed by atoms with Crippen molar-refractivity contribution in [3.8, 4) is 0 Å². The Morgan fingerprint density at radius 2 is 1.94 bits per heavy atom. The van der Waals surface area contributed by atoms with E-state index in [1.54, 1.807) is 6.07 Å². The molecule has 0 heterocycles. The summed E-state index contributed by atoms with van der Waals surface area (Å²) in [5.41, 5.74) is 3.61. The van der Waals surface area contributed by atoms with Crippen LogP contribution in [0.2, 0.25) is 0 Å². The van der Waals surface area contributed by atoms with Crippen molar-refractivity contribution in [2.45, 2.75) is 20.3 Å². The Morgan fingerprint density at radius 1 is 1.12 bits per heavy atom. The predicted molar refractivity (Wildman–Crippen MR) is 70.2 cm³/mol. The van der Waals surface area contributed by atoms with Crippen molar-refractivity contribution in [1.82, 2.24) is 0 Å². The number of nitrogens with one attached hydrogen (secondary N) is 1. The minimum Gasteiger partial charge on any atom is -0.353 e. The Labute approximate surface area is 101 Å². The van der Waals surface area contributed by atoms with Crippen molar-refractivity contribution in [3.05, 3.63) is 59.4 Å². The van der Waals surface area contributed by atoms with Crippen LogP contribution < -0.4 is 5.32 Å². The molecule has 0 aromatic heterocycles.